The molecule has 9 heteroatoms. The molecule has 33 heavy (non-hydrogen) atoms. The van der Waals surface area contributed by atoms with E-state index in [1.54, 1.807) is 42.5 Å². The SMILES string of the molecule is CC(C)(C)c1cc(Cl)c(O)c(NC(=S)NC(=O)/C=C/c2ccc(-c3ccc(Cl)cc3Cl)o2)c1. The van der Waals surface area contributed by atoms with Crippen LogP contribution in [0.2, 0.25) is 15.1 Å². The van der Waals surface area contributed by atoms with E-state index in [1.165, 1.54) is 12.2 Å². The zero-order valence-electron chi connectivity index (χ0n) is 18.0. The van der Waals surface area contributed by atoms with Crippen LogP contribution >= 0.6 is 47.0 Å². The molecule has 0 unspecified atom stereocenters. The summed E-state index contributed by atoms with van der Waals surface area (Å²) in [4.78, 5) is 12.3. The summed E-state index contributed by atoms with van der Waals surface area (Å²) in [6.45, 7) is 6.06. The molecule has 3 aromatic rings. The van der Waals surface area contributed by atoms with Crippen LogP contribution < -0.4 is 10.6 Å². The predicted octanol–water partition coefficient (Wildman–Crippen LogP) is 7.44. The van der Waals surface area contributed by atoms with Crippen LogP contribution in [0.5, 0.6) is 5.75 Å². The monoisotopic (exact) mass is 522 g/mol. The molecule has 1 heterocycles. The minimum Gasteiger partial charge on any atom is -0.504 e. The van der Waals surface area contributed by atoms with Crippen LogP contribution in [0.4, 0.5) is 5.69 Å². The Labute approximate surface area is 212 Å². The zero-order chi connectivity index (χ0) is 24.3. The highest BCUT2D eigenvalue weighted by Gasteiger charge is 2.19. The van der Waals surface area contributed by atoms with Crippen LogP contribution in [0, 0.1) is 0 Å². The third-order valence-electron chi connectivity index (χ3n) is 4.64. The number of benzene rings is 2. The van der Waals surface area contributed by atoms with Gasteiger partial charge in [0.25, 0.3) is 0 Å². The van der Waals surface area contributed by atoms with Gasteiger partial charge in [-0.15, -0.1) is 0 Å². The highest BCUT2D eigenvalue weighted by molar-refractivity contribution is 7.80. The fourth-order valence-corrected chi connectivity index (χ4v) is 3.80. The topological polar surface area (TPSA) is 74.5 Å². The van der Waals surface area contributed by atoms with Crippen LogP contribution in [0.3, 0.4) is 0 Å². The molecule has 1 amide bonds. The Kier molecular flexibility index (Phi) is 7.75. The summed E-state index contributed by atoms with van der Waals surface area (Å²) < 4.78 is 5.72. The molecule has 0 fully saturated rings. The maximum atomic E-state index is 12.3. The third-order valence-corrected chi connectivity index (χ3v) is 5.68. The maximum absolute atomic E-state index is 12.3. The molecule has 0 saturated heterocycles. The quantitative estimate of drug-likeness (QED) is 0.188. The van der Waals surface area contributed by atoms with Gasteiger partial charge in [0, 0.05) is 16.7 Å². The first kappa shape index (κ1) is 25.1. The van der Waals surface area contributed by atoms with Gasteiger partial charge in [0.15, 0.2) is 10.9 Å². The highest BCUT2D eigenvalue weighted by Crippen LogP contribution is 2.37. The maximum Gasteiger partial charge on any atom is 0.250 e. The number of anilines is 1. The van der Waals surface area contributed by atoms with Crippen molar-refractivity contribution >= 4 is 69.8 Å². The van der Waals surface area contributed by atoms with Crippen molar-refractivity contribution in [2.75, 3.05) is 5.32 Å². The molecular weight excluding hydrogens is 503 g/mol. The Balaban J connectivity index is 1.65. The number of carbonyl (C=O) groups is 1. The summed E-state index contributed by atoms with van der Waals surface area (Å²) in [5, 5.41) is 16.8. The first-order chi connectivity index (χ1) is 15.4. The second-order valence-electron chi connectivity index (χ2n) is 8.21. The molecule has 172 valence electrons. The first-order valence-electron chi connectivity index (χ1n) is 9.82. The Morgan fingerprint density at radius 1 is 1.06 bits per heavy atom. The minimum atomic E-state index is -0.479. The molecule has 0 radical (unpaired) electrons. The van der Waals surface area contributed by atoms with Gasteiger partial charge in [-0.05, 0) is 71.7 Å². The number of aromatic hydroxyl groups is 1. The van der Waals surface area contributed by atoms with Crippen molar-refractivity contribution in [3.05, 3.63) is 74.9 Å². The van der Waals surface area contributed by atoms with E-state index in [2.05, 4.69) is 10.6 Å². The largest absolute Gasteiger partial charge is 0.504 e. The van der Waals surface area contributed by atoms with Gasteiger partial charge in [-0.1, -0.05) is 55.6 Å². The number of phenolic OH excluding ortho intramolecular Hbond substituents is 1. The van der Waals surface area contributed by atoms with E-state index in [4.69, 9.17) is 51.4 Å². The number of thiocarbonyl (C=S) groups is 1. The molecule has 0 spiro atoms. The van der Waals surface area contributed by atoms with Crippen LogP contribution in [-0.4, -0.2) is 16.1 Å². The van der Waals surface area contributed by atoms with Crippen molar-refractivity contribution in [3.8, 4) is 17.1 Å². The second-order valence-corrected chi connectivity index (χ2v) is 9.87. The fraction of sp³-hybridized carbons (Fsp3) is 0.167. The van der Waals surface area contributed by atoms with Crippen molar-refractivity contribution in [2.45, 2.75) is 26.2 Å². The van der Waals surface area contributed by atoms with Gasteiger partial charge in [-0.25, -0.2) is 0 Å². The number of furan rings is 1. The first-order valence-corrected chi connectivity index (χ1v) is 11.4. The predicted molar refractivity (Wildman–Crippen MR) is 139 cm³/mol. The Bertz CT molecular complexity index is 1250. The lowest BCUT2D eigenvalue weighted by atomic mass is 9.87. The van der Waals surface area contributed by atoms with Gasteiger partial charge >= 0.3 is 0 Å². The highest BCUT2D eigenvalue weighted by atomic mass is 35.5. The second kappa shape index (κ2) is 10.2. The van der Waals surface area contributed by atoms with Crippen molar-refractivity contribution < 1.29 is 14.3 Å². The molecule has 0 aliphatic rings. The lowest BCUT2D eigenvalue weighted by Crippen LogP contribution is -2.33. The van der Waals surface area contributed by atoms with Gasteiger partial charge in [-0.3, -0.25) is 10.1 Å². The number of amides is 1. The average molecular weight is 524 g/mol. The normalized spacial score (nSPS) is 11.6. The van der Waals surface area contributed by atoms with Crippen LogP contribution in [0.25, 0.3) is 17.4 Å². The van der Waals surface area contributed by atoms with Crippen molar-refractivity contribution in [3.63, 3.8) is 0 Å². The van der Waals surface area contributed by atoms with Crippen molar-refractivity contribution in [1.29, 1.82) is 0 Å². The lowest BCUT2D eigenvalue weighted by Gasteiger charge is -2.21. The van der Waals surface area contributed by atoms with E-state index in [1.807, 2.05) is 20.8 Å². The smallest absolute Gasteiger partial charge is 0.250 e. The number of phenols is 1. The van der Waals surface area contributed by atoms with E-state index >= 15 is 0 Å². The van der Waals surface area contributed by atoms with Crippen molar-refractivity contribution in [1.82, 2.24) is 5.32 Å². The van der Waals surface area contributed by atoms with Crippen LogP contribution in [0.15, 0.2) is 53.0 Å². The van der Waals surface area contributed by atoms with Crippen LogP contribution in [0.1, 0.15) is 32.1 Å². The third kappa shape index (κ3) is 6.51. The number of hydrogen-bond acceptors (Lipinski definition) is 4. The summed E-state index contributed by atoms with van der Waals surface area (Å²) in [5.74, 6) is 0.362. The number of halogens is 3. The molecular formula is C24H21Cl3N2O3S. The number of nitrogens with one attached hydrogen (secondary N) is 2. The van der Waals surface area contributed by atoms with E-state index in [9.17, 15) is 9.90 Å². The molecule has 3 rings (SSSR count). The van der Waals surface area contributed by atoms with E-state index < -0.39 is 5.91 Å². The number of hydrogen-bond donors (Lipinski definition) is 3. The van der Waals surface area contributed by atoms with Gasteiger partial charge < -0.3 is 14.8 Å². The molecule has 5 nitrogen and oxygen atoms in total. The molecule has 2 aromatic carbocycles. The summed E-state index contributed by atoms with van der Waals surface area (Å²) in [6.07, 6.45) is 2.78. The molecule has 0 aliphatic heterocycles. The van der Waals surface area contributed by atoms with Gasteiger partial charge in [0.1, 0.15) is 11.5 Å². The summed E-state index contributed by atoms with van der Waals surface area (Å²) >= 11 is 23.5. The minimum absolute atomic E-state index is 0.00940. The Morgan fingerprint density at radius 2 is 1.79 bits per heavy atom. The Hall–Kier alpha value is -2.51. The van der Waals surface area contributed by atoms with Crippen molar-refractivity contribution in [2.24, 2.45) is 0 Å². The zero-order valence-corrected chi connectivity index (χ0v) is 21.1. The molecule has 0 bridgehead atoms. The average Bonchev–Trinajstić information content (AvgIpc) is 3.17. The van der Waals surface area contributed by atoms with Gasteiger partial charge in [0.2, 0.25) is 5.91 Å². The van der Waals surface area contributed by atoms with E-state index in [-0.39, 0.29) is 21.3 Å². The molecule has 0 aliphatic carbocycles. The number of carbonyl (C=O) groups excluding carboxylic acids is 1. The van der Waals surface area contributed by atoms with Crippen LogP contribution in [-0.2, 0) is 10.2 Å². The fourth-order valence-electron chi connectivity index (χ4n) is 2.87. The lowest BCUT2D eigenvalue weighted by molar-refractivity contribution is -0.115. The molecule has 3 N–H and O–H groups in total. The Morgan fingerprint density at radius 3 is 2.45 bits per heavy atom. The van der Waals surface area contributed by atoms with E-state index in [0.29, 0.717) is 32.8 Å². The summed E-state index contributed by atoms with van der Waals surface area (Å²) in [7, 11) is 0. The van der Waals surface area contributed by atoms with E-state index in [0.717, 1.165) is 5.56 Å². The molecule has 0 atom stereocenters. The molecule has 0 saturated carbocycles. The summed E-state index contributed by atoms with van der Waals surface area (Å²) in [5.41, 5.74) is 1.69. The van der Waals surface area contributed by atoms with Gasteiger partial charge in [-0.2, -0.15) is 0 Å². The van der Waals surface area contributed by atoms with Gasteiger partial charge in [0.05, 0.1) is 15.7 Å². The molecule has 1 aromatic heterocycles. The number of rotatable bonds is 4. The standard InChI is InChI=1S/C24H21Cl3N2O3S/c1-24(2,3)13-10-18(27)22(31)19(11-13)28-23(33)29-21(30)9-6-15-5-8-20(32-15)16-7-4-14(25)12-17(16)26/h4-12,31H,1-3H3,(H2,28,29,30,33)/b9-6+. The summed E-state index contributed by atoms with van der Waals surface area (Å²) in [6, 6.07) is 12.0.